The third kappa shape index (κ3) is 3.45. The fourth-order valence-electron chi connectivity index (χ4n) is 2.85. The van der Waals surface area contributed by atoms with E-state index in [9.17, 15) is 14.7 Å². The van der Waals surface area contributed by atoms with Crippen LogP contribution in [-0.4, -0.2) is 29.1 Å². The van der Waals surface area contributed by atoms with Crippen molar-refractivity contribution in [3.05, 3.63) is 27.1 Å². The Balaban J connectivity index is 1.73. The van der Waals surface area contributed by atoms with E-state index >= 15 is 0 Å². The number of anilines is 1. The van der Waals surface area contributed by atoms with Crippen molar-refractivity contribution < 1.29 is 24.2 Å². The van der Waals surface area contributed by atoms with E-state index in [-0.39, 0.29) is 0 Å². The van der Waals surface area contributed by atoms with E-state index in [1.165, 1.54) is 0 Å². The lowest BCUT2D eigenvalue weighted by molar-refractivity contribution is -0.321. The maximum atomic E-state index is 12.3. The zero-order chi connectivity index (χ0) is 16.6. The van der Waals surface area contributed by atoms with Gasteiger partial charge >= 0.3 is 5.97 Å². The van der Waals surface area contributed by atoms with E-state index in [4.69, 9.17) is 9.47 Å². The van der Waals surface area contributed by atoms with Crippen LogP contribution in [0.25, 0.3) is 0 Å². The molecule has 23 heavy (non-hydrogen) atoms. The molecule has 8 heteroatoms. The third-order valence-electron chi connectivity index (χ3n) is 4.00. The molecule has 1 aliphatic carbocycles. The number of carbonyl (C=O) groups is 2. The molecule has 124 valence electrons. The van der Waals surface area contributed by atoms with Gasteiger partial charge < -0.3 is 19.9 Å². The molecule has 2 aliphatic rings. The average molecular weight is 449 g/mol. The fourth-order valence-corrected chi connectivity index (χ4v) is 3.99. The van der Waals surface area contributed by atoms with Crippen molar-refractivity contribution in [2.24, 2.45) is 5.92 Å². The number of halogens is 2. The number of rotatable bonds is 2. The molecule has 1 spiro atoms. The first-order valence-corrected chi connectivity index (χ1v) is 8.83. The molecule has 1 aromatic rings. The highest BCUT2D eigenvalue weighted by molar-refractivity contribution is 9.11. The second-order valence-electron chi connectivity index (χ2n) is 5.64. The number of esters is 1. The second-order valence-corrected chi connectivity index (χ2v) is 7.41. The van der Waals surface area contributed by atoms with Crippen LogP contribution < -0.4 is 5.32 Å². The number of amides is 1. The van der Waals surface area contributed by atoms with E-state index in [0.29, 0.717) is 23.0 Å². The molecular weight excluding hydrogens is 434 g/mol. The zero-order valence-corrected chi connectivity index (χ0v) is 15.2. The molecular formula is C15H15Br2NO5. The van der Waals surface area contributed by atoms with Crippen LogP contribution in [0.3, 0.4) is 0 Å². The Morgan fingerprint density at radius 3 is 2.61 bits per heavy atom. The van der Waals surface area contributed by atoms with Gasteiger partial charge in [-0.15, -0.1) is 0 Å². The van der Waals surface area contributed by atoms with Gasteiger partial charge in [0.25, 0.3) is 0 Å². The summed E-state index contributed by atoms with van der Waals surface area (Å²) in [6.07, 6.45) is 1.31. The molecule has 1 heterocycles. The van der Waals surface area contributed by atoms with Crippen LogP contribution in [0.2, 0.25) is 0 Å². The molecule has 2 unspecified atom stereocenters. The molecule has 1 aliphatic heterocycles. The number of aliphatic hydroxyl groups excluding tert-OH is 1. The highest BCUT2D eigenvalue weighted by Gasteiger charge is 2.52. The SMILES string of the molecule is O=C(Nc1ccc(Br)cc1Br)C1C(=O)OC2(CCCC2)OC1O. The second kappa shape index (κ2) is 6.51. The first kappa shape index (κ1) is 16.9. The van der Waals surface area contributed by atoms with Crippen LogP contribution >= 0.6 is 31.9 Å². The monoisotopic (exact) mass is 447 g/mol. The number of carbonyl (C=O) groups excluding carboxylic acids is 2. The number of hydrogen-bond acceptors (Lipinski definition) is 5. The van der Waals surface area contributed by atoms with Crippen molar-refractivity contribution in [3.8, 4) is 0 Å². The topological polar surface area (TPSA) is 84.9 Å². The van der Waals surface area contributed by atoms with E-state index in [1.807, 2.05) is 0 Å². The van der Waals surface area contributed by atoms with Crippen LogP contribution in [0.1, 0.15) is 25.7 Å². The Hall–Kier alpha value is -0.960. The van der Waals surface area contributed by atoms with Gasteiger partial charge in [0, 0.05) is 21.8 Å². The summed E-state index contributed by atoms with van der Waals surface area (Å²) in [5.74, 6) is -3.89. The molecule has 1 aromatic carbocycles. The summed E-state index contributed by atoms with van der Waals surface area (Å²) in [6, 6.07) is 5.18. The van der Waals surface area contributed by atoms with Gasteiger partial charge in [-0.2, -0.15) is 0 Å². The molecule has 2 atom stereocenters. The lowest BCUT2D eigenvalue weighted by Crippen LogP contribution is -2.54. The van der Waals surface area contributed by atoms with Gasteiger partial charge in [-0.3, -0.25) is 9.59 Å². The molecule has 0 aromatic heterocycles. The van der Waals surface area contributed by atoms with Crippen molar-refractivity contribution in [1.82, 2.24) is 0 Å². The van der Waals surface area contributed by atoms with E-state index in [2.05, 4.69) is 37.2 Å². The van der Waals surface area contributed by atoms with E-state index < -0.39 is 29.9 Å². The maximum Gasteiger partial charge on any atom is 0.326 e. The van der Waals surface area contributed by atoms with Gasteiger partial charge in [0.15, 0.2) is 12.2 Å². The Labute approximate surface area is 149 Å². The van der Waals surface area contributed by atoms with Crippen molar-refractivity contribution in [1.29, 1.82) is 0 Å². The van der Waals surface area contributed by atoms with Crippen LogP contribution in [0, 0.1) is 5.92 Å². The summed E-state index contributed by atoms with van der Waals surface area (Å²) in [5.41, 5.74) is 0.486. The van der Waals surface area contributed by atoms with Crippen molar-refractivity contribution in [2.75, 3.05) is 5.32 Å². The first-order valence-electron chi connectivity index (χ1n) is 7.25. The van der Waals surface area contributed by atoms with Gasteiger partial charge in [-0.25, -0.2) is 0 Å². The zero-order valence-electron chi connectivity index (χ0n) is 12.1. The number of ether oxygens (including phenoxy) is 2. The molecule has 2 fully saturated rings. The lowest BCUT2D eigenvalue weighted by Gasteiger charge is -2.38. The van der Waals surface area contributed by atoms with Crippen LogP contribution in [0.15, 0.2) is 27.1 Å². The molecule has 1 saturated heterocycles. The third-order valence-corrected chi connectivity index (χ3v) is 5.15. The highest BCUT2D eigenvalue weighted by Crippen LogP contribution is 2.40. The number of nitrogens with one attached hydrogen (secondary N) is 1. The summed E-state index contributed by atoms with van der Waals surface area (Å²) >= 11 is 6.64. The summed E-state index contributed by atoms with van der Waals surface area (Å²) in [4.78, 5) is 24.5. The molecule has 0 bridgehead atoms. The quantitative estimate of drug-likeness (QED) is 0.536. The van der Waals surface area contributed by atoms with Gasteiger partial charge in [-0.1, -0.05) is 15.9 Å². The Kier molecular flexibility index (Phi) is 4.78. The average Bonchev–Trinajstić information content (AvgIpc) is 2.88. The lowest BCUT2D eigenvalue weighted by atomic mass is 10.1. The van der Waals surface area contributed by atoms with Crippen LogP contribution in [0.4, 0.5) is 5.69 Å². The summed E-state index contributed by atoms with van der Waals surface area (Å²) in [6.45, 7) is 0. The molecule has 1 amide bonds. The predicted molar refractivity (Wildman–Crippen MR) is 88.3 cm³/mol. The van der Waals surface area contributed by atoms with Crippen molar-refractivity contribution in [3.63, 3.8) is 0 Å². The normalized spacial score (nSPS) is 26.1. The summed E-state index contributed by atoms with van der Waals surface area (Å²) in [5, 5.41) is 12.7. The largest absolute Gasteiger partial charge is 0.432 e. The Bertz CT molecular complexity index is 645. The Morgan fingerprint density at radius 2 is 2.00 bits per heavy atom. The Morgan fingerprint density at radius 1 is 1.30 bits per heavy atom. The number of benzene rings is 1. The van der Waals surface area contributed by atoms with Gasteiger partial charge in [-0.05, 0) is 47.0 Å². The molecule has 6 nitrogen and oxygen atoms in total. The highest BCUT2D eigenvalue weighted by atomic mass is 79.9. The minimum atomic E-state index is -1.51. The molecule has 0 radical (unpaired) electrons. The number of hydrogen-bond donors (Lipinski definition) is 2. The maximum absolute atomic E-state index is 12.3. The fraction of sp³-hybridized carbons (Fsp3) is 0.467. The predicted octanol–water partition coefficient (Wildman–Crippen LogP) is 2.93. The summed E-state index contributed by atoms with van der Waals surface area (Å²) < 4.78 is 12.3. The molecule has 2 N–H and O–H groups in total. The minimum absolute atomic E-state index is 0.486. The van der Waals surface area contributed by atoms with Crippen molar-refractivity contribution in [2.45, 2.75) is 37.8 Å². The van der Waals surface area contributed by atoms with Gasteiger partial charge in [0.1, 0.15) is 0 Å². The van der Waals surface area contributed by atoms with E-state index in [0.717, 1.165) is 17.3 Å². The van der Waals surface area contributed by atoms with Gasteiger partial charge in [0.2, 0.25) is 11.7 Å². The van der Waals surface area contributed by atoms with E-state index in [1.54, 1.807) is 18.2 Å². The smallest absolute Gasteiger partial charge is 0.326 e. The summed E-state index contributed by atoms with van der Waals surface area (Å²) in [7, 11) is 0. The first-order chi connectivity index (χ1) is 10.9. The number of aliphatic hydroxyl groups is 1. The molecule has 3 rings (SSSR count). The van der Waals surface area contributed by atoms with Crippen LogP contribution in [-0.2, 0) is 19.1 Å². The standard InChI is InChI=1S/C15H15Br2NO5/c16-8-3-4-10(9(17)7-8)18-12(19)11-13(20)22-15(23-14(11)21)5-1-2-6-15/h3-4,7,11,13,20H,1-2,5-6H2,(H,18,19). The van der Waals surface area contributed by atoms with Gasteiger partial charge in [0.05, 0.1) is 5.69 Å². The van der Waals surface area contributed by atoms with Crippen LogP contribution in [0.5, 0.6) is 0 Å². The minimum Gasteiger partial charge on any atom is -0.432 e. The molecule has 1 saturated carbocycles. The van der Waals surface area contributed by atoms with Crippen molar-refractivity contribution >= 4 is 49.4 Å².